The number of nitrogen functional groups attached to an aromatic ring is 1. The molecule has 1 saturated carbocycles. The Morgan fingerprint density at radius 1 is 1.22 bits per heavy atom. The summed E-state index contributed by atoms with van der Waals surface area (Å²) in [5.74, 6) is 1.22. The topological polar surface area (TPSA) is 114 Å². The van der Waals surface area contributed by atoms with Gasteiger partial charge in [0.2, 0.25) is 5.95 Å². The van der Waals surface area contributed by atoms with Crippen molar-refractivity contribution in [3.8, 4) is 0 Å². The van der Waals surface area contributed by atoms with E-state index < -0.39 is 0 Å². The summed E-state index contributed by atoms with van der Waals surface area (Å²) in [5, 5.41) is 16.5. The summed E-state index contributed by atoms with van der Waals surface area (Å²) in [6.45, 7) is 2.84. The highest BCUT2D eigenvalue weighted by molar-refractivity contribution is 5.86. The molecule has 0 radical (unpaired) electrons. The number of nitrogens with two attached hydrogens (primary N) is 1. The van der Waals surface area contributed by atoms with Gasteiger partial charge < -0.3 is 26.0 Å². The summed E-state index contributed by atoms with van der Waals surface area (Å²) in [7, 11) is 0. The molecule has 4 rings (SSSR count). The van der Waals surface area contributed by atoms with Crippen LogP contribution in [0.4, 0.5) is 23.1 Å². The third kappa shape index (κ3) is 3.80. The SMILES string of the molecule is CCn1cnc2c(Nc3cccc(N)c3)nc(NC3CCC(O)CC3)nc21. The summed E-state index contributed by atoms with van der Waals surface area (Å²) < 4.78 is 2.00. The third-order valence-corrected chi connectivity index (χ3v) is 4.98. The fourth-order valence-corrected chi connectivity index (χ4v) is 3.48. The van der Waals surface area contributed by atoms with Crippen molar-refractivity contribution in [3.05, 3.63) is 30.6 Å². The minimum absolute atomic E-state index is 0.186. The lowest BCUT2D eigenvalue weighted by molar-refractivity contribution is 0.126. The van der Waals surface area contributed by atoms with Crippen molar-refractivity contribution in [2.24, 2.45) is 0 Å². The van der Waals surface area contributed by atoms with Crippen molar-refractivity contribution < 1.29 is 5.11 Å². The Hall–Kier alpha value is -2.87. The molecule has 0 atom stereocenters. The Morgan fingerprint density at radius 3 is 2.78 bits per heavy atom. The number of aliphatic hydroxyl groups is 1. The Kier molecular flexibility index (Phi) is 4.81. The monoisotopic (exact) mass is 367 g/mol. The van der Waals surface area contributed by atoms with Crippen LogP contribution in [0.1, 0.15) is 32.6 Å². The van der Waals surface area contributed by atoms with Crippen LogP contribution in [0.2, 0.25) is 0 Å². The number of nitrogens with one attached hydrogen (secondary N) is 2. The summed E-state index contributed by atoms with van der Waals surface area (Å²) in [4.78, 5) is 13.9. The first-order valence-corrected chi connectivity index (χ1v) is 9.42. The van der Waals surface area contributed by atoms with E-state index in [0.29, 0.717) is 17.5 Å². The zero-order chi connectivity index (χ0) is 18.8. The van der Waals surface area contributed by atoms with E-state index >= 15 is 0 Å². The molecule has 0 amide bonds. The van der Waals surface area contributed by atoms with Crippen molar-refractivity contribution >= 4 is 34.3 Å². The molecule has 1 fully saturated rings. The minimum Gasteiger partial charge on any atom is -0.399 e. The molecule has 2 heterocycles. The van der Waals surface area contributed by atoms with Gasteiger partial charge in [0.05, 0.1) is 12.4 Å². The molecule has 1 aliphatic carbocycles. The van der Waals surface area contributed by atoms with Gasteiger partial charge in [0.1, 0.15) is 0 Å². The summed E-state index contributed by atoms with van der Waals surface area (Å²) in [5.41, 5.74) is 8.94. The molecule has 142 valence electrons. The van der Waals surface area contributed by atoms with Crippen LogP contribution in [0.3, 0.4) is 0 Å². The lowest BCUT2D eigenvalue weighted by Gasteiger charge is -2.26. The van der Waals surface area contributed by atoms with Crippen LogP contribution in [0.15, 0.2) is 30.6 Å². The van der Waals surface area contributed by atoms with Gasteiger partial charge in [-0.05, 0) is 50.8 Å². The fraction of sp³-hybridized carbons (Fsp3) is 0.421. The first-order chi connectivity index (χ1) is 13.1. The van der Waals surface area contributed by atoms with Gasteiger partial charge in [-0.1, -0.05) is 6.07 Å². The number of aliphatic hydroxyl groups excluding tert-OH is 1. The predicted octanol–water partition coefficient (Wildman–Crippen LogP) is 2.89. The number of anilines is 4. The molecule has 1 aliphatic rings. The van der Waals surface area contributed by atoms with Gasteiger partial charge in [-0.25, -0.2) is 4.98 Å². The average molecular weight is 367 g/mol. The fourth-order valence-electron chi connectivity index (χ4n) is 3.48. The summed E-state index contributed by atoms with van der Waals surface area (Å²) in [6, 6.07) is 7.81. The molecule has 0 saturated heterocycles. The molecule has 5 N–H and O–H groups in total. The van der Waals surface area contributed by atoms with Crippen LogP contribution >= 0.6 is 0 Å². The van der Waals surface area contributed by atoms with E-state index in [1.807, 2.05) is 28.8 Å². The van der Waals surface area contributed by atoms with E-state index in [0.717, 1.165) is 49.1 Å². The summed E-state index contributed by atoms with van der Waals surface area (Å²) >= 11 is 0. The Morgan fingerprint density at radius 2 is 2.04 bits per heavy atom. The van der Waals surface area contributed by atoms with Crippen molar-refractivity contribution in [1.82, 2.24) is 19.5 Å². The normalized spacial score (nSPS) is 19.9. The van der Waals surface area contributed by atoms with Crippen LogP contribution in [-0.4, -0.2) is 36.8 Å². The van der Waals surface area contributed by atoms with Gasteiger partial charge in [0, 0.05) is 24.0 Å². The van der Waals surface area contributed by atoms with Crippen LogP contribution in [-0.2, 0) is 6.54 Å². The number of hydrogen-bond donors (Lipinski definition) is 4. The highest BCUT2D eigenvalue weighted by Crippen LogP contribution is 2.27. The molecule has 2 aromatic heterocycles. The molecule has 8 nitrogen and oxygen atoms in total. The standard InChI is InChI=1S/C19H25N7O/c1-2-26-11-21-16-17(22-14-5-3-4-12(20)10-14)24-19(25-18(16)26)23-13-6-8-15(27)9-7-13/h3-5,10-11,13,15,27H,2,6-9,20H2,1H3,(H2,22,23,24,25). The van der Waals surface area contributed by atoms with E-state index in [1.165, 1.54) is 0 Å². The Labute approximate surface area is 157 Å². The first-order valence-electron chi connectivity index (χ1n) is 9.42. The molecular weight excluding hydrogens is 342 g/mol. The van der Waals surface area contributed by atoms with E-state index in [9.17, 15) is 5.11 Å². The smallest absolute Gasteiger partial charge is 0.227 e. The minimum atomic E-state index is -0.186. The molecular formula is C19H25N7O. The van der Waals surface area contributed by atoms with Crippen molar-refractivity contribution in [3.63, 3.8) is 0 Å². The zero-order valence-corrected chi connectivity index (χ0v) is 15.4. The number of aryl methyl sites for hydroxylation is 1. The number of imidazole rings is 1. The predicted molar refractivity (Wildman–Crippen MR) is 107 cm³/mol. The second-order valence-corrected chi connectivity index (χ2v) is 7.00. The Balaban J connectivity index is 1.67. The van der Waals surface area contributed by atoms with E-state index in [-0.39, 0.29) is 12.1 Å². The second kappa shape index (κ2) is 7.40. The Bertz CT molecular complexity index is 931. The van der Waals surface area contributed by atoms with Crippen molar-refractivity contribution in [2.75, 3.05) is 16.4 Å². The van der Waals surface area contributed by atoms with Crippen LogP contribution in [0.25, 0.3) is 11.2 Å². The lowest BCUT2D eigenvalue weighted by atomic mass is 9.93. The first kappa shape index (κ1) is 17.5. The number of fused-ring (bicyclic) bond motifs is 1. The maximum atomic E-state index is 9.71. The van der Waals surface area contributed by atoms with E-state index in [1.54, 1.807) is 6.33 Å². The van der Waals surface area contributed by atoms with Gasteiger partial charge in [-0.15, -0.1) is 0 Å². The number of nitrogens with zero attached hydrogens (tertiary/aromatic N) is 4. The van der Waals surface area contributed by atoms with Gasteiger partial charge in [0.15, 0.2) is 17.0 Å². The highest BCUT2D eigenvalue weighted by Gasteiger charge is 2.21. The van der Waals surface area contributed by atoms with Crippen molar-refractivity contribution in [2.45, 2.75) is 51.3 Å². The van der Waals surface area contributed by atoms with Gasteiger partial charge in [0.25, 0.3) is 0 Å². The zero-order valence-electron chi connectivity index (χ0n) is 15.4. The quantitative estimate of drug-likeness (QED) is 0.513. The molecule has 27 heavy (non-hydrogen) atoms. The molecule has 3 aromatic rings. The number of hydrogen-bond acceptors (Lipinski definition) is 7. The molecule has 8 heteroatoms. The maximum Gasteiger partial charge on any atom is 0.227 e. The lowest BCUT2D eigenvalue weighted by Crippen LogP contribution is -2.29. The van der Waals surface area contributed by atoms with Gasteiger partial charge in [-0.2, -0.15) is 9.97 Å². The van der Waals surface area contributed by atoms with Crippen molar-refractivity contribution in [1.29, 1.82) is 0 Å². The third-order valence-electron chi connectivity index (χ3n) is 4.98. The maximum absolute atomic E-state index is 9.71. The molecule has 0 aliphatic heterocycles. The van der Waals surface area contributed by atoms with Crippen LogP contribution in [0, 0.1) is 0 Å². The van der Waals surface area contributed by atoms with E-state index in [2.05, 4.69) is 27.5 Å². The number of rotatable bonds is 5. The van der Waals surface area contributed by atoms with Gasteiger partial charge >= 0.3 is 0 Å². The van der Waals surface area contributed by atoms with E-state index in [4.69, 9.17) is 10.7 Å². The second-order valence-electron chi connectivity index (χ2n) is 7.00. The molecule has 0 unspecified atom stereocenters. The largest absolute Gasteiger partial charge is 0.399 e. The van der Waals surface area contributed by atoms with Gasteiger partial charge in [-0.3, -0.25) is 0 Å². The molecule has 1 aromatic carbocycles. The number of aromatic nitrogens is 4. The van der Waals surface area contributed by atoms with Crippen LogP contribution < -0.4 is 16.4 Å². The highest BCUT2D eigenvalue weighted by atomic mass is 16.3. The van der Waals surface area contributed by atoms with Crippen LogP contribution in [0.5, 0.6) is 0 Å². The number of benzene rings is 1. The average Bonchev–Trinajstić information content (AvgIpc) is 3.07. The molecule has 0 bridgehead atoms. The summed E-state index contributed by atoms with van der Waals surface area (Å²) in [6.07, 6.45) is 5.03. The molecule has 0 spiro atoms.